The van der Waals surface area contributed by atoms with Gasteiger partial charge in [-0.05, 0) is 25.3 Å². The standard InChI is InChI=1S/C10H23NO/c1-10(2,3)6-5-8-12-9-7-11-4/h11H,5-9H2,1-4H3. The van der Waals surface area contributed by atoms with Gasteiger partial charge < -0.3 is 10.1 Å². The first-order valence-electron chi connectivity index (χ1n) is 4.78. The molecule has 12 heavy (non-hydrogen) atoms. The Kier molecular flexibility index (Phi) is 6.39. The lowest BCUT2D eigenvalue weighted by molar-refractivity contribution is 0.125. The van der Waals surface area contributed by atoms with Crippen molar-refractivity contribution in [2.75, 3.05) is 26.8 Å². The van der Waals surface area contributed by atoms with Gasteiger partial charge in [0.25, 0.3) is 0 Å². The Morgan fingerprint density at radius 1 is 1.17 bits per heavy atom. The third kappa shape index (κ3) is 9.92. The summed E-state index contributed by atoms with van der Waals surface area (Å²) in [6.07, 6.45) is 2.42. The van der Waals surface area contributed by atoms with Crippen molar-refractivity contribution in [1.29, 1.82) is 0 Å². The van der Waals surface area contributed by atoms with Crippen LogP contribution in [0.3, 0.4) is 0 Å². The van der Waals surface area contributed by atoms with Gasteiger partial charge >= 0.3 is 0 Å². The molecule has 0 aromatic rings. The minimum atomic E-state index is 0.451. The molecule has 0 amide bonds. The van der Waals surface area contributed by atoms with Crippen molar-refractivity contribution >= 4 is 0 Å². The van der Waals surface area contributed by atoms with Crippen LogP contribution in [-0.4, -0.2) is 26.8 Å². The second-order valence-electron chi connectivity index (χ2n) is 4.38. The zero-order valence-corrected chi connectivity index (χ0v) is 8.94. The van der Waals surface area contributed by atoms with Crippen LogP contribution in [-0.2, 0) is 4.74 Å². The second kappa shape index (κ2) is 6.44. The summed E-state index contributed by atoms with van der Waals surface area (Å²) in [6, 6.07) is 0. The van der Waals surface area contributed by atoms with E-state index in [-0.39, 0.29) is 0 Å². The first-order valence-corrected chi connectivity index (χ1v) is 4.78. The maximum absolute atomic E-state index is 5.41. The summed E-state index contributed by atoms with van der Waals surface area (Å²) in [5, 5.41) is 3.05. The number of hydrogen-bond acceptors (Lipinski definition) is 2. The van der Waals surface area contributed by atoms with E-state index in [2.05, 4.69) is 26.1 Å². The number of ether oxygens (including phenoxy) is 1. The van der Waals surface area contributed by atoms with E-state index in [1.807, 2.05) is 7.05 Å². The molecule has 0 aromatic heterocycles. The highest BCUT2D eigenvalue weighted by molar-refractivity contribution is 4.60. The predicted octanol–water partition coefficient (Wildman–Crippen LogP) is 2.05. The number of nitrogens with one attached hydrogen (secondary N) is 1. The molecule has 0 atom stereocenters. The van der Waals surface area contributed by atoms with Crippen LogP contribution in [0.2, 0.25) is 0 Å². The van der Waals surface area contributed by atoms with Gasteiger partial charge in [-0.25, -0.2) is 0 Å². The highest BCUT2D eigenvalue weighted by Gasteiger charge is 2.08. The van der Waals surface area contributed by atoms with Gasteiger partial charge in [-0.15, -0.1) is 0 Å². The minimum Gasteiger partial charge on any atom is -0.380 e. The Hall–Kier alpha value is -0.0800. The van der Waals surface area contributed by atoms with E-state index < -0.39 is 0 Å². The van der Waals surface area contributed by atoms with Gasteiger partial charge in [0, 0.05) is 13.2 Å². The fraction of sp³-hybridized carbons (Fsp3) is 1.00. The van der Waals surface area contributed by atoms with Crippen molar-refractivity contribution in [3.05, 3.63) is 0 Å². The van der Waals surface area contributed by atoms with Crippen molar-refractivity contribution in [2.45, 2.75) is 33.6 Å². The first kappa shape index (κ1) is 11.9. The lowest BCUT2D eigenvalue weighted by atomic mass is 9.91. The third-order valence-corrected chi connectivity index (χ3v) is 1.71. The van der Waals surface area contributed by atoms with E-state index >= 15 is 0 Å². The van der Waals surface area contributed by atoms with Crippen LogP contribution in [0.5, 0.6) is 0 Å². The molecule has 0 aliphatic carbocycles. The van der Waals surface area contributed by atoms with Crippen molar-refractivity contribution in [3.63, 3.8) is 0 Å². The molecule has 0 rings (SSSR count). The van der Waals surface area contributed by atoms with E-state index in [0.29, 0.717) is 5.41 Å². The van der Waals surface area contributed by atoms with Gasteiger partial charge in [0.15, 0.2) is 0 Å². The summed E-state index contributed by atoms with van der Waals surface area (Å²) in [6.45, 7) is 9.48. The molecular formula is C10H23NO. The molecule has 74 valence electrons. The quantitative estimate of drug-likeness (QED) is 0.621. The maximum atomic E-state index is 5.41. The van der Waals surface area contributed by atoms with Crippen LogP contribution in [0.25, 0.3) is 0 Å². The van der Waals surface area contributed by atoms with Crippen molar-refractivity contribution in [3.8, 4) is 0 Å². The number of rotatable bonds is 6. The number of likely N-dealkylation sites (N-methyl/N-ethyl adjacent to an activating group) is 1. The zero-order valence-electron chi connectivity index (χ0n) is 8.94. The molecule has 0 saturated carbocycles. The summed E-state index contributed by atoms with van der Waals surface area (Å²) in [5.41, 5.74) is 0.451. The Bertz CT molecular complexity index is 96.5. The Labute approximate surface area is 76.7 Å². The molecule has 0 aliphatic rings. The topological polar surface area (TPSA) is 21.3 Å². The highest BCUT2D eigenvalue weighted by atomic mass is 16.5. The summed E-state index contributed by atoms with van der Waals surface area (Å²) in [5.74, 6) is 0. The molecule has 0 unspecified atom stereocenters. The van der Waals surface area contributed by atoms with Gasteiger partial charge in [-0.2, -0.15) is 0 Å². The van der Waals surface area contributed by atoms with E-state index in [4.69, 9.17) is 4.74 Å². The average molecular weight is 173 g/mol. The normalized spacial score (nSPS) is 12.0. The van der Waals surface area contributed by atoms with E-state index in [9.17, 15) is 0 Å². The Morgan fingerprint density at radius 3 is 2.33 bits per heavy atom. The van der Waals surface area contributed by atoms with Gasteiger partial charge in [-0.3, -0.25) is 0 Å². The summed E-state index contributed by atoms with van der Waals surface area (Å²) >= 11 is 0. The lowest BCUT2D eigenvalue weighted by Crippen LogP contribution is -2.15. The molecule has 0 spiro atoms. The largest absolute Gasteiger partial charge is 0.380 e. The van der Waals surface area contributed by atoms with Crippen molar-refractivity contribution in [2.24, 2.45) is 5.41 Å². The minimum absolute atomic E-state index is 0.451. The van der Waals surface area contributed by atoms with Gasteiger partial charge in [-0.1, -0.05) is 20.8 Å². The van der Waals surface area contributed by atoms with Crippen LogP contribution in [0.1, 0.15) is 33.6 Å². The Morgan fingerprint density at radius 2 is 1.83 bits per heavy atom. The predicted molar refractivity (Wildman–Crippen MR) is 53.4 cm³/mol. The third-order valence-electron chi connectivity index (χ3n) is 1.71. The maximum Gasteiger partial charge on any atom is 0.0590 e. The van der Waals surface area contributed by atoms with Crippen molar-refractivity contribution < 1.29 is 4.74 Å². The van der Waals surface area contributed by atoms with Crippen LogP contribution >= 0.6 is 0 Å². The second-order valence-corrected chi connectivity index (χ2v) is 4.38. The first-order chi connectivity index (χ1) is 5.56. The molecule has 0 bridgehead atoms. The fourth-order valence-corrected chi connectivity index (χ4v) is 0.981. The molecule has 1 N–H and O–H groups in total. The molecule has 0 aliphatic heterocycles. The molecule has 2 heteroatoms. The molecule has 0 saturated heterocycles. The fourth-order valence-electron chi connectivity index (χ4n) is 0.981. The number of hydrogen-bond donors (Lipinski definition) is 1. The Balaban J connectivity index is 3.01. The molecule has 0 fully saturated rings. The van der Waals surface area contributed by atoms with Crippen LogP contribution < -0.4 is 5.32 Å². The monoisotopic (exact) mass is 173 g/mol. The summed E-state index contributed by atoms with van der Waals surface area (Å²) in [4.78, 5) is 0. The molecule has 2 nitrogen and oxygen atoms in total. The smallest absolute Gasteiger partial charge is 0.0590 e. The van der Waals surface area contributed by atoms with E-state index in [1.54, 1.807) is 0 Å². The highest BCUT2D eigenvalue weighted by Crippen LogP contribution is 2.19. The van der Waals surface area contributed by atoms with Gasteiger partial charge in [0.1, 0.15) is 0 Å². The van der Waals surface area contributed by atoms with Crippen LogP contribution in [0, 0.1) is 5.41 Å². The summed E-state index contributed by atoms with van der Waals surface area (Å²) < 4.78 is 5.41. The van der Waals surface area contributed by atoms with Crippen molar-refractivity contribution in [1.82, 2.24) is 5.32 Å². The zero-order chi connectivity index (χ0) is 9.45. The molecule has 0 aromatic carbocycles. The van der Waals surface area contributed by atoms with Crippen LogP contribution in [0.4, 0.5) is 0 Å². The molecule has 0 radical (unpaired) electrons. The van der Waals surface area contributed by atoms with E-state index in [0.717, 1.165) is 19.8 Å². The summed E-state index contributed by atoms with van der Waals surface area (Å²) in [7, 11) is 1.94. The molecular weight excluding hydrogens is 150 g/mol. The average Bonchev–Trinajstić information content (AvgIpc) is 1.94. The van der Waals surface area contributed by atoms with E-state index in [1.165, 1.54) is 12.8 Å². The van der Waals surface area contributed by atoms with Gasteiger partial charge in [0.05, 0.1) is 6.61 Å². The van der Waals surface area contributed by atoms with Gasteiger partial charge in [0.2, 0.25) is 0 Å². The lowest BCUT2D eigenvalue weighted by Gasteiger charge is -2.17. The van der Waals surface area contributed by atoms with Crippen LogP contribution in [0.15, 0.2) is 0 Å². The SMILES string of the molecule is CNCCOCCCC(C)(C)C. The molecule has 0 heterocycles.